The molecule has 0 radical (unpaired) electrons. The molecule has 0 unspecified atom stereocenters. The van der Waals surface area contributed by atoms with E-state index in [9.17, 15) is 4.79 Å². The highest BCUT2D eigenvalue weighted by molar-refractivity contribution is 6.07. The molecule has 0 aliphatic carbocycles. The van der Waals surface area contributed by atoms with Crippen LogP contribution in [0.4, 0.5) is 0 Å². The second kappa shape index (κ2) is 6.14. The zero-order chi connectivity index (χ0) is 13.5. The minimum absolute atomic E-state index is 0.214. The van der Waals surface area contributed by atoms with Gasteiger partial charge in [-0.1, -0.05) is 12.1 Å². The summed E-state index contributed by atoms with van der Waals surface area (Å²) < 4.78 is 10.1. The number of furan rings is 1. The summed E-state index contributed by atoms with van der Waals surface area (Å²) in [5.74, 6) is 10.8. The zero-order valence-corrected chi connectivity index (χ0v) is 10.3. The molecule has 0 fully saturated rings. The number of para-hydroxylation sites is 1. The van der Waals surface area contributed by atoms with Crippen LogP contribution in [0.2, 0.25) is 0 Å². The summed E-state index contributed by atoms with van der Waals surface area (Å²) in [6.07, 6.45) is 1.43. The molecule has 0 aliphatic rings. The normalized spacial score (nSPS) is 8.68. The van der Waals surface area contributed by atoms with Gasteiger partial charge in [0, 0.05) is 0 Å². The smallest absolute Gasteiger partial charge is 0.272 e. The van der Waals surface area contributed by atoms with Gasteiger partial charge in [-0.15, -0.1) is 0 Å². The fourth-order valence-electron chi connectivity index (χ4n) is 1.40. The van der Waals surface area contributed by atoms with Gasteiger partial charge < -0.3 is 9.15 Å². The Bertz CT molecular complexity index is 689. The second-order valence-corrected chi connectivity index (χ2v) is 3.51. The van der Waals surface area contributed by atoms with Crippen LogP contribution < -0.4 is 4.74 Å². The third kappa shape index (κ3) is 3.28. The Morgan fingerprint density at radius 1 is 1.16 bits per heavy atom. The van der Waals surface area contributed by atoms with E-state index in [0.29, 0.717) is 5.75 Å². The number of hydrogen-bond acceptors (Lipinski definition) is 3. The van der Waals surface area contributed by atoms with E-state index in [0.717, 1.165) is 5.56 Å². The molecule has 0 amide bonds. The Hall–Kier alpha value is -2.91. The van der Waals surface area contributed by atoms with Gasteiger partial charge in [0.05, 0.1) is 18.9 Å². The molecule has 19 heavy (non-hydrogen) atoms. The fourth-order valence-corrected chi connectivity index (χ4v) is 1.40. The third-order valence-electron chi connectivity index (χ3n) is 2.29. The van der Waals surface area contributed by atoms with Crippen molar-refractivity contribution in [1.29, 1.82) is 0 Å². The van der Waals surface area contributed by atoms with Crippen LogP contribution >= 0.6 is 0 Å². The fraction of sp³-hybridized carbons (Fsp3) is 0.0625. The van der Waals surface area contributed by atoms with Crippen LogP contribution in [0.1, 0.15) is 16.1 Å². The predicted molar refractivity (Wildman–Crippen MR) is 70.7 cm³/mol. The summed E-state index contributed by atoms with van der Waals surface area (Å²) in [5.41, 5.74) is 0.727. The van der Waals surface area contributed by atoms with Crippen LogP contribution in [-0.4, -0.2) is 12.9 Å². The number of methoxy groups -OCH3 is 1. The monoisotopic (exact) mass is 250 g/mol. The van der Waals surface area contributed by atoms with Gasteiger partial charge in [-0.25, -0.2) is 0 Å². The van der Waals surface area contributed by atoms with Gasteiger partial charge in [0.25, 0.3) is 5.78 Å². The minimum atomic E-state index is -0.390. The van der Waals surface area contributed by atoms with E-state index in [4.69, 9.17) is 9.15 Å². The summed E-state index contributed by atoms with van der Waals surface area (Å²) in [6, 6.07) is 10.5. The number of carbonyl (C=O) groups excluding carboxylic acids is 1. The van der Waals surface area contributed by atoms with Gasteiger partial charge >= 0.3 is 0 Å². The molecule has 1 aromatic heterocycles. The predicted octanol–water partition coefficient (Wildman–Crippen LogP) is 2.53. The Kier molecular flexibility index (Phi) is 4.05. The lowest BCUT2D eigenvalue weighted by Gasteiger charge is -2.00. The van der Waals surface area contributed by atoms with E-state index in [-0.39, 0.29) is 11.5 Å². The van der Waals surface area contributed by atoms with Crippen molar-refractivity contribution in [2.24, 2.45) is 0 Å². The molecule has 3 nitrogen and oxygen atoms in total. The van der Waals surface area contributed by atoms with Crippen molar-refractivity contribution in [1.82, 2.24) is 0 Å². The van der Waals surface area contributed by atoms with Crippen LogP contribution in [0.3, 0.4) is 0 Å². The molecule has 0 saturated heterocycles. The standard InChI is InChI=1S/C16H10O3/c1-18-15-10-5-3-8-13(15)7-2-4-9-14(17)16-11-6-12-19-16/h3,5-6,8,10-12H,1H3. The molecule has 0 saturated carbocycles. The van der Waals surface area contributed by atoms with E-state index in [1.807, 2.05) is 24.3 Å². The average molecular weight is 250 g/mol. The molecule has 0 N–H and O–H groups in total. The van der Waals surface area contributed by atoms with Gasteiger partial charge in [-0.05, 0) is 47.9 Å². The highest BCUT2D eigenvalue weighted by Crippen LogP contribution is 2.15. The topological polar surface area (TPSA) is 39.4 Å². The van der Waals surface area contributed by atoms with Crippen molar-refractivity contribution in [3.8, 4) is 29.4 Å². The molecule has 1 heterocycles. The lowest BCUT2D eigenvalue weighted by molar-refractivity contribution is 0.103. The van der Waals surface area contributed by atoms with E-state index >= 15 is 0 Å². The first kappa shape index (κ1) is 12.5. The van der Waals surface area contributed by atoms with Crippen molar-refractivity contribution in [3.63, 3.8) is 0 Å². The van der Waals surface area contributed by atoms with Crippen molar-refractivity contribution in [2.75, 3.05) is 7.11 Å². The molecule has 1 aromatic carbocycles. The van der Waals surface area contributed by atoms with Gasteiger partial charge in [0.15, 0.2) is 5.76 Å². The lowest BCUT2D eigenvalue weighted by Crippen LogP contribution is -1.90. The molecule has 2 rings (SSSR count). The highest BCUT2D eigenvalue weighted by Gasteiger charge is 2.02. The van der Waals surface area contributed by atoms with Gasteiger partial charge in [-0.3, -0.25) is 4.79 Å². The first-order valence-corrected chi connectivity index (χ1v) is 5.54. The van der Waals surface area contributed by atoms with Crippen molar-refractivity contribution >= 4 is 5.78 Å². The van der Waals surface area contributed by atoms with E-state index in [1.165, 1.54) is 6.26 Å². The zero-order valence-electron chi connectivity index (χ0n) is 10.3. The summed E-state index contributed by atoms with van der Waals surface area (Å²) in [4.78, 5) is 11.5. The number of benzene rings is 1. The highest BCUT2D eigenvalue weighted by atomic mass is 16.5. The molecule has 92 valence electrons. The average Bonchev–Trinajstić information content (AvgIpc) is 2.98. The van der Waals surface area contributed by atoms with Crippen LogP contribution in [0.15, 0.2) is 47.1 Å². The molecule has 0 bridgehead atoms. The number of Topliss-reactive ketones (excluding diaryl/α,β-unsaturated/α-hetero) is 1. The summed E-state index contributed by atoms with van der Waals surface area (Å²) in [7, 11) is 1.58. The minimum Gasteiger partial charge on any atom is -0.495 e. The first-order chi connectivity index (χ1) is 9.31. The third-order valence-corrected chi connectivity index (χ3v) is 2.29. The van der Waals surface area contributed by atoms with Crippen LogP contribution in [0.5, 0.6) is 5.75 Å². The number of ether oxygens (including phenoxy) is 1. The van der Waals surface area contributed by atoms with E-state index in [2.05, 4.69) is 23.7 Å². The van der Waals surface area contributed by atoms with Gasteiger partial charge in [0.2, 0.25) is 0 Å². The largest absolute Gasteiger partial charge is 0.495 e. The van der Waals surface area contributed by atoms with Crippen LogP contribution in [0, 0.1) is 23.7 Å². The van der Waals surface area contributed by atoms with Gasteiger partial charge in [-0.2, -0.15) is 0 Å². The maximum atomic E-state index is 11.5. The Morgan fingerprint density at radius 3 is 2.74 bits per heavy atom. The summed E-state index contributed by atoms with van der Waals surface area (Å²) in [6.45, 7) is 0. The van der Waals surface area contributed by atoms with E-state index in [1.54, 1.807) is 19.2 Å². The number of hydrogen-bond donors (Lipinski definition) is 0. The molecular formula is C16H10O3. The summed E-state index contributed by atoms with van der Waals surface area (Å²) >= 11 is 0. The lowest BCUT2D eigenvalue weighted by atomic mass is 10.2. The van der Waals surface area contributed by atoms with Crippen LogP contribution in [-0.2, 0) is 0 Å². The maximum absolute atomic E-state index is 11.5. The molecule has 0 atom stereocenters. The Labute approximate surface area is 111 Å². The number of rotatable bonds is 2. The van der Waals surface area contributed by atoms with Crippen molar-refractivity contribution in [2.45, 2.75) is 0 Å². The molecular weight excluding hydrogens is 240 g/mol. The first-order valence-electron chi connectivity index (χ1n) is 5.54. The Balaban J connectivity index is 2.12. The molecule has 0 spiro atoms. The van der Waals surface area contributed by atoms with E-state index < -0.39 is 0 Å². The molecule has 3 heteroatoms. The quantitative estimate of drug-likeness (QED) is 0.467. The van der Waals surface area contributed by atoms with Crippen molar-refractivity contribution < 1.29 is 13.9 Å². The van der Waals surface area contributed by atoms with Crippen LogP contribution in [0.25, 0.3) is 0 Å². The molecule has 2 aromatic rings. The number of carbonyl (C=O) groups is 1. The Morgan fingerprint density at radius 2 is 2.00 bits per heavy atom. The summed E-state index contributed by atoms with van der Waals surface area (Å²) in [5, 5.41) is 0. The maximum Gasteiger partial charge on any atom is 0.272 e. The second-order valence-electron chi connectivity index (χ2n) is 3.51. The SMILES string of the molecule is COc1ccccc1C#CC#CC(=O)c1ccco1. The van der Waals surface area contributed by atoms with Gasteiger partial charge in [0.1, 0.15) is 5.75 Å². The molecule has 0 aliphatic heterocycles. The number of ketones is 1. The van der Waals surface area contributed by atoms with Crippen molar-refractivity contribution in [3.05, 3.63) is 54.0 Å².